The molecule has 0 bridgehead atoms. The Hall–Kier alpha value is -3.80. The highest BCUT2D eigenvalue weighted by molar-refractivity contribution is 5.65. The molecule has 0 saturated heterocycles. The van der Waals surface area contributed by atoms with Crippen LogP contribution in [0, 0.1) is 0 Å². The van der Waals surface area contributed by atoms with Gasteiger partial charge in [-0.25, -0.2) is 0 Å². The molecule has 152 valence electrons. The highest BCUT2D eigenvalue weighted by Crippen LogP contribution is 2.31. The average molecular weight is 402 g/mol. The molecule has 0 amide bonds. The maximum atomic E-state index is 5.99. The van der Waals surface area contributed by atoms with Gasteiger partial charge in [0.05, 0.1) is 19.8 Å². The number of methoxy groups -OCH3 is 2. The fourth-order valence-electron chi connectivity index (χ4n) is 3.15. The van der Waals surface area contributed by atoms with Gasteiger partial charge in [0.25, 0.3) is 5.89 Å². The zero-order valence-electron chi connectivity index (χ0n) is 16.9. The third kappa shape index (κ3) is 4.43. The van der Waals surface area contributed by atoms with E-state index < -0.39 is 0 Å². The summed E-state index contributed by atoms with van der Waals surface area (Å²) in [6.07, 6.45) is 0.787. The number of para-hydroxylation sites is 1. The molecule has 0 aliphatic rings. The van der Waals surface area contributed by atoms with Crippen LogP contribution in [0.15, 0.2) is 77.3 Å². The van der Waals surface area contributed by atoms with Crippen molar-refractivity contribution in [3.63, 3.8) is 0 Å². The molecular weight excluding hydrogens is 380 g/mol. The van der Waals surface area contributed by atoms with Crippen LogP contribution in [0.25, 0.3) is 11.4 Å². The first-order chi connectivity index (χ1) is 14.8. The molecule has 3 aromatic carbocycles. The number of benzene rings is 3. The third-order valence-electron chi connectivity index (χ3n) is 4.68. The predicted molar refractivity (Wildman–Crippen MR) is 113 cm³/mol. The zero-order valence-corrected chi connectivity index (χ0v) is 16.9. The highest BCUT2D eigenvalue weighted by Gasteiger charge is 2.15. The van der Waals surface area contributed by atoms with E-state index >= 15 is 0 Å². The average Bonchev–Trinajstić information content (AvgIpc) is 3.27. The van der Waals surface area contributed by atoms with E-state index in [1.54, 1.807) is 20.3 Å². The van der Waals surface area contributed by atoms with Crippen LogP contribution in [0.5, 0.6) is 17.2 Å². The Morgan fingerprint density at radius 1 is 0.833 bits per heavy atom. The lowest BCUT2D eigenvalue weighted by molar-refractivity contribution is 0.241. The van der Waals surface area contributed by atoms with Crippen LogP contribution in [-0.4, -0.2) is 24.4 Å². The number of aromatic nitrogens is 2. The molecular formula is C24H22N2O4. The summed E-state index contributed by atoms with van der Waals surface area (Å²) < 4.78 is 22.0. The summed E-state index contributed by atoms with van der Waals surface area (Å²) in [6.45, 7) is 0.178. The van der Waals surface area contributed by atoms with Gasteiger partial charge in [0.15, 0.2) is 6.61 Å². The lowest BCUT2D eigenvalue weighted by Crippen LogP contribution is -2.00. The SMILES string of the molecule is COc1ccc(-c2noc(COc3ccccc3Cc3ccccc3)n2)c(OC)c1. The molecule has 1 aromatic heterocycles. The van der Waals surface area contributed by atoms with Gasteiger partial charge in [-0.3, -0.25) is 0 Å². The number of hydrogen-bond donors (Lipinski definition) is 0. The van der Waals surface area contributed by atoms with E-state index in [0.717, 1.165) is 23.3 Å². The van der Waals surface area contributed by atoms with Gasteiger partial charge in [-0.2, -0.15) is 4.98 Å². The Balaban J connectivity index is 1.48. The van der Waals surface area contributed by atoms with Crippen LogP contribution in [-0.2, 0) is 13.0 Å². The Bertz CT molecular complexity index is 1110. The smallest absolute Gasteiger partial charge is 0.264 e. The molecule has 0 N–H and O–H groups in total. The van der Waals surface area contributed by atoms with Crippen molar-refractivity contribution in [3.8, 4) is 28.6 Å². The van der Waals surface area contributed by atoms with Crippen molar-refractivity contribution in [1.29, 1.82) is 0 Å². The second-order valence-corrected chi connectivity index (χ2v) is 6.64. The van der Waals surface area contributed by atoms with Gasteiger partial charge in [0, 0.05) is 12.5 Å². The number of hydrogen-bond acceptors (Lipinski definition) is 6. The van der Waals surface area contributed by atoms with E-state index in [2.05, 4.69) is 28.3 Å². The molecule has 6 nitrogen and oxygen atoms in total. The van der Waals surface area contributed by atoms with Crippen LogP contribution in [0.1, 0.15) is 17.0 Å². The Morgan fingerprint density at radius 2 is 1.63 bits per heavy atom. The summed E-state index contributed by atoms with van der Waals surface area (Å²) in [7, 11) is 3.19. The Kier molecular flexibility index (Phi) is 5.94. The van der Waals surface area contributed by atoms with E-state index in [0.29, 0.717) is 23.2 Å². The van der Waals surface area contributed by atoms with Crippen LogP contribution in [0.2, 0.25) is 0 Å². The highest BCUT2D eigenvalue weighted by atomic mass is 16.5. The van der Waals surface area contributed by atoms with E-state index in [1.165, 1.54) is 5.56 Å². The summed E-state index contributed by atoms with van der Waals surface area (Å²) in [5, 5.41) is 4.07. The van der Waals surface area contributed by atoms with Gasteiger partial charge in [-0.15, -0.1) is 0 Å². The van der Waals surface area contributed by atoms with Gasteiger partial charge in [-0.05, 0) is 29.3 Å². The van der Waals surface area contributed by atoms with Crippen molar-refractivity contribution >= 4 is 0 Å². The minimum absolute atomic E-state index is 0.178. The third-order valence-corrected chi connectivity index (χ3v) is 4.68. The van der Waals surface area contributed by atoms with Gasteiger partial charge < -0.3 is 18.7 Å². The second-order valence-electron chi connectivity index (χ2n) is 6.64. The normalized spacial score (nSPS) is 10.6. The van der Waals surface area contributed by atoms with Crippen LogP contribution < -0.4 is 14.2 Å². The lowest BCUT2D eigenvalue weighted by Gasteiger charge is -2.10. The molecule has 0 atom stereocenters. The van der Waals surface area contributed by atoms with Crippen molar-refractivity contribution in [2.75, 3.05) is 14.2 Å². The van der Waals surface area contributed by atoms with Gasteiger partial charge in [0.2, 0.25) is 5.82 Å². The molecule has 4 aromatic rings. The fourth-order valence-corrected chi connectivity index (χ4v) is 3.15. The van der Waals surface area contributed by atoms with Gasteiger partial charge >= 0.3 is 0 Å². The topological polar surface area (TPSA) is 66.6 Å². The molecule has 0 spiro atoms. The predicted octanol–water partition coefficient (Wildman–Crippen LogP) is 4.92. The summed E-state index contributed by atoms with van der Waals surface area (Å²) in [6, 6.07) is 23.7. The van der Waals surface area contributed by atoms with Crippen molar-refractivity contribution in [2.45, 2.75) is 13.0 Å². The quantitative estimate of drug-likeness (QED) is 0.417. The van der Waals surface area contributed by atoms with Crippen molar-refractivity contribution in [1.82, 2.24) is 10.1 Å². The first-order valence-electron chi connectivity index (χ1n) is 9.56. The molecule has 0 radical (unpaired) electrons. The first kappa shape index (κ1) is 19.5. The minimum atomic E-state index is 0.178. The van der Waals surface area contributed by atoms with Crippen LogP contribution >= 0.6 is 0 Å². The molecule has 0 aliphatic carbocycles. The van der Waals surface area contributed by atoms with Crippen molar-refractivity contribution in [2.24, 2.45) is 0 Å². The van der Waals surface area contributed by atoms with Gasteiger partial charge in [-0.1, -0.05) is 53.7 Å². The fraction of sp³-hybridized carbons (Fsp3) is 0.167. The molecule has 6 heteroatoms. The molecule has 30 heavy (non-hydrogen) atoms. The summed E-state index contributed by atoms with van der Waals surface area (Å²) in [4.78, 5) is 4.45. The van der Waals surface area contributed by atoms with Gasteiger partial charge in [0.1, 0.15) is 17.2 Å². The molecule has 0 saturated carbocycles. The molecule has 4 rings (SSSR count). The molecule has 1 heterocycles. The lowest BCUT2D eigenvalue weighted by atomic mass is 10.0. The maximum Gasteiger partial charge on any atom is 0.264 e. The monoisotopic (exact) mass is 402 g/mol. The number of ether oxygens (including phenoxy) is 3. The number of nitrogens with zero attached hydrogens (tertiary/aromatic N) is 2. The largest absolute Gasteiger partial charge is 0.497 e. The summed E-state index contributed by atoms with van der Waals surface area (Å²) >= 11 is 0. The first-order valence-corrected chi connectivity index (χ1v) is 9.56. The second kappa shape index (κ2) is 9.13. The van der Waals surface area contributed by atoms with Crippen LogP contribution in [0.4, 0.5) is 0 Å². The summed E-state index contributed by atoms with van der Waals surface area (Å²) in [5.74, 6) is 2.92. The van der Waals surface area contributed by atoms with Crippen LogP contribution in [0.3, 0.4) is 0 Å². The van der Waals surface area contributed by atoms with E-state index in [9.17, 15) is 0 Å². The standard InChI is InChI=1S/C24H22N2O4/c1-27-19-12-13-20(22(15-19)28-2)24-25-23(30-26-24)16-29-21-11-7-6-10-18(21)14-17-8-4-3-5-9-17/h3-13,15H,14,16H2,1-2H3. The zero-order chi connectivity index (χ0) is 20.8. The molecule has 0 fully saturated rings. The summed E-state index contributed by atoms with van der Waals surface area (Å²) in [5.41, 5.74) is 3.04. The van der Waals surface area contributed by atoms with Crippen molar-refractivity contribution < 1.29 is 18.7 Å². The Labute approximate surface area is 175 Å². The molecule has 0 unspecified atom stereocenters. The molecule has 0 aliphatic heterocycles. The maximum absolute atomic E-state index is 5.99. The number of rotatable bonds is 8. The Morgan fingerprint density at radius 3 is 2.43 bits per heavy atom. The van der Waals surface area contributed by atoms with E-state index in [4.69, 9.17) is 18.7 Å². The minimum Gasteiger partial charge on any atom is -0.497 e. The van der Waals surface area contributed by atoms with E-state index in [1.807, 2.05) is 48.5 Å². The van der Waals surface area contributed by atoms with E-state index in [-0.39, 0.29) is 6.61 Å². The van der Waals surface area contributed by atoms with Crippen molar-refractivity contribution in [3.05, 3.63) is 89.8 Å².